The van der Waals surface area contributed by atoms with Gasteiger partial charge in [-0.2, -0.15) is 4.98 Å². The third-order valence-corrected chi connectivity index (χ3v) is 3.76. The number of aromatic nitrogens is 2. The number of nitrogens with two attached hydrogens (primary N) is 1. The molecule has 3 rings (SSSR count). The number of ether oxygens (including phenoxy) is 1. The van der Waals surface area contributed by atoms with Crippen molar-refractivity contribution in [3.63, 3.8) is 0 Å². The highest BCUT2D eigenvalue weighted by atomic mass is 16.5. The van der Waals surface area contributed by atoms with E-state index in [4.69, 9.17) is 15.0 Å². The maximum absolute atomic E-state index is 5.94. The van der Waals surface area contributed by atoms with Gasteiger partial charge >= 0.3 is 0 Å². The molecule has 0 radical (unpaired) electrons. The Bertz CT molecular complexity index is 572. The molecule has 2 aromatic rings. The molecule has 0 saturated carbocycles. The Labute approximate surface area is 123 Å². The van der Waals surface area contributed by atoms with Crippen LogP contribution in [0.25, 0.3) is 0 Å². The molecule has 21 heavy (non-hydrogen) atoms. The standard InChI is InChI=1S/C15H20N4O2/c1-11-10-20-13(12-5-3-2-4-6-12)8-19(11)9-14-17-15(7-16)21-18-14/h2-6,11,13H,7-10,16H2,1H3. The van der Waals surface area contributed by atoms with Gasteiger partial charge < -0.3 is 15.0 Å². The summed E-state index contributed by atoms with van der Waals surface area (Å²) in [4.78, 5) is 6.58. The first-order valence-electron chi connectivity index (χ1n) is 7.18. The summed E-state index contributed by atoms with van der Waals surface area (Å²) in [5.74, 6) is 1.15. The summed E-state index contributed by atoms with van der Waals surface area (Å²) < 4.78 is 11.0. The van der Waals surface area contributed by atoms with Gasteiger partial charge in [-0.15, -0.1) is 0 Å². The molecule has 1 aromatic carbocycles. The third kappa shape index (κ3) is 3.29. The summed E-state index contributed by atoms with van der Waals surface area (Å²) >= 11 is 0. The van der Waals surface area contributed by atoms with Crippen LogP contribution in [0.2, 0.25) is 0 Å². The first kappa shape index (κ1) is 14.2. The quantitative estimate of drug-likeness (QED) is 0.918. The molecular formula is C15H20N4O2. The second kappa shape index (κ2) is 6.34. The fraction of sp³-hybridized carbons (Fsp3) is 0.467. The molecule has 6 nitrogen and oxygen atoms in total. The minimum absolute atomic E-state index is 0.0864. The van der Waals surface area contributed by atoms with Crippen LogP contribution in [-0.2, 0) is 17.8 Å². The van der Waals surface area contributed by atoms with Crippen LogP contribution in [-0.4, -0.2) is 34.2 Å². The van der Waals surface area contributed by atoms with Gasteiger partial charge in [0.15, 0.2) is 5.82 Å². The van der Waals surface area contributed by atoms with Gasteiger partial charge in [-0.05, 0) is 12.5 Å². The molecule has 1 aromatic heterocycles. The van der Waals surface area contributed by atoms with Crippen molar-refractivity contribution in [2.75, 3.05) is 13.2 Å². The van der Waals surface area contributed by atoms with E-state index < -0.39 is 0 Å². The summed E-state index contributed by atoms with van der Waals surface area (Å²) in [5.41, 5.74) is 6.69. The lowest BCUT2D eigenvalue weighted by Gasteiger charge is -2.37. The average molecular weight is 288 g/mol. The predicted octanol–water partition coefficient (Wildman–Crippen LogP) is 1.49. The molecule has 1 aliphatic rings. The van der Waals surface area contributed by atoms with Gasteiger partial charge in [0.2, 0.25) is 5.89 Å². The van der Waals surface area contributed by atoms with E-state index in [1.807, 2.05) is 18.2 Å². The molecule has 1 fully saturated rings. The predicted molar refractivity (Wildman–Crippen MR) is 77.2 cm³/mol. The Morgan fingerprint density at radius 1 is 1.33 bits per heavy atom. The minimum atomic E-state index is 0.0864. The van der Waals surface area contributed by atoms with Gasteiger partial charge in [0.05, 0.1) is 25.8 Å². The molecule has 112 valence electrons. The molecule has 0 aliphatic carbocycles. The number of nitrogens with zero attached hydrogens (tertiary/aromatic N) is 3. The molecule has 6 heteroatoms. The van der Waals surface area contributed by atoms with E-state index in [-0.39, 0.29) is 12.6 Å². The van der Waals surface area contributed by atoms with Crippen molar-refractivity contribution in [3.05, 3.63) is 47.6 Å². The highest BCUT2D eigenvalue weighted by molar-refractivity contribution is 5.18. The number of rotatable bonds is 4. The highest BCUT2D eigenvalue weighted by Gasteiger charge is 2.28. The van der Waals surface area contributed by atoms with E-state index in [0.717, 1.165) is 6.54 Å². The van der Waals surface area contributed by atoms with Crippen molar-refractivity contribution in [2.45, 2.75) is 32.2 Å². The topological polar surface area (TPSA) is 77.4 Å². The molecule has 2 heterocycles. The Hall–Kier alpha value is -1.76. The first-order valence-corrected chi connectivity index (χ1v) is 7.18. The number of morpholine rings is 1. The van der Waals surface area contributed by atoms with E-state index in [0.29, 0.717) is 30.9 Å². The third-order valence-electron chi connectivity index (χ3n) is 3.76. The van der Waals surface area contributed by atoms with Crippen LogP contribution in [0.4, 0.5) is 0 Å². The van der Waals surface area contributed by atoms with Crippen molar-refractivity contribution in [1.82, 2.24) is 15.0 Å². The molecule has 2 atom stereocenters. The van der Waals surface area contributed by atoms with Crippen LogP contribution in [0, 0.1) is 0 Å². The normalized spacial score (nSPS) is 23.3. The van der Waals surface area contributed by atoms with E-state index in [9.17, 15) is 0 Å². The number of benzene rings is 1. The van der Waals surface area contributed by atoms with Crippen LogP contribution in [0.1, 0.15) is 30.3 Å². The van der Waals surface area contributed by atoms with Gasteiger partial charge in [0.1, 0.15) is 0 Å². The fourth-order valence-corrected chi connectivity index (χ4v) is 2.52. The van der Waals surface area contributed by atoms with Crippen molar-refractivity contribution >= 4 is 0 Å². The Kier molecular flexibility index (Phi) is 4.28. The Balaban J connectivity index is 1.69. The van der Waals surface area contributed by atoms with Gasteiger partial charge in [-0.1, -0.05) is 35.5 Å². The first-order chi connectivity index (χ1) is 10.3. The van der Waals surface area contributed by atoms with Crippen molar-refractivity contribution in [1.29, 1.82) is 0 Å². The van der Waals surface area contributed by atoms with Gasteiger partial charge in [0, 0.05) is 12.6 Å². The smallest absolute Gasteiger partial charge is 0.240 e. The molecule has 0 spiro atoms. The summed E-state index contributed by atoms with van der Waals surface area (Å²) in [6.45, 7) is 4.58. The summed E-state index contributed by atoms with van der Waals surface area (Å²) in [6, 6.07) is 10.6. The van der Waals surface area contributed by atoms with Gasteiger partial charge in [-0.3, -0.25) is 4.90 Å². The number of hydrogen-bond acceptors (Lipinski definition) is 6. The van der Waals surface area contributed by atoms with Crippen molar-refractivity contribution in [3.8, 4) is 0 Å². The lowest BCUT2D eigenvalue weighted by molar-refractivity contribution is -0.0642. The van der Waals surface area contributed by atoms with Crippen LogP contribution < -0.4 is 5.73 Å². The zero-order chi connectivity index (χ0) is 14.7. The lowest BCUT2D eigenvalue weighted by atomic mass is 10.1. The van der Waals surface area contributed by atoms with Crippen LogP contribution in [0.15, 0.2) is 34.9 Å². The molecule has 2 N–H and O–H groups in total. The molecule has 2 unspecified atom stereocenters. The van der Waals surface area contributed by atoms with Crippen LogP contribution >= 0.6 is 0 Å². The summed E-state index contributed by atoms with van der Waals surface area (Å²) in [6.07, 6.45) is 0.0864. The van der Waals surface area contributed by atoms with Gasteiger partial charge in [-0.25, -0.2) is 0 Å². The largest absolute Gasteiger partial charge is 0.371 e. The van der Waals surface area contributed by atoms with E-state index in [1.165, 1.54) is 5.56 Å². The summed E-state index contributed by atoms with van der Waals surface area (Å²) in [7, 11) is 0. The zero-order valence-electron chi connectivity index (χ0n) is 12.1. The second-order valence-corrected chi connectivity index (χ2v) is 5.32. The summed E-state index contributed by atoms with van der Waals surface area (Å²) in [5, 5.41) is 3.96. The Morgan fingerprint density at radius 2 is 2.14 bits per heavy atom. The second-order valence-electron chi connectivity index (χ2n) is 5.32. The number of hydrogen-bond donors (Lipinski definition) is 1. The Morgan fingerprint density at radius 3 is 2.86 bits per heavy atom. The SMILES string of the molecule is CC1COC(c2ccccc2)CN1Cc1noc(CN)n1. The molecule has 0 amide bonds. The van der Waals surface area contributed by atoms with E-state index >= 15 is 0 Å². The van der Waals surface area contributed by atoms with Crippen LogP contribution in [0.3, 0.4) is 0 Å². The van der Waals surface area contributed by atoms with E-state index in [2.05, 4.69) is 34.1 Å². The minimum Gasteiger partial charge on any atom is -0.371 e. The molecular weight excluding hydrogens is 268 g/mol. The maximum Gasteiger partial charge on any atom is 0.240 e. The molecule has 1 aliphatic heterocycles. The zero-order valence-corrected chi connectivity index (χ0v) is 12.1. The molecule has 0 bridgehead atoms. The lowest BCUT2D eigenvalue weighted by Crippen LogP contribution is -2.44. The maximum atomic E-state index is 5.94. The fourth-order valence-electron chi connectivity index (χ4n) is 2.52. The highest BCUT2D eigenvalue weighted by Crippen LogP contribution is 2.25. The molecule has 1 saturated heterocycles. The van der Waals surface area contributed by atoms with Crippen molar-refractivity contribution < 1.29 is 9.26 Å². The van der Waals surface area contributed by atoms with Gasteiger partial charge in [0.25, 0.3) is 0 Å². The van der Waals surface area contributed by atoms with Crippen molar-refractivity contribution in [2.24, 2.45) is 5.73 Å². The van der Waals surface area contributed by atoms with E-state index in [1.54, 1.807) is 0 Å². The average Bonchev–Trinajstić information content (AvgIpc) is 2.98. The monoisotopic (exact) mass is 288 g/mol. The van der Waals surface area contributed by atoms with Crippen LogP contribution in [0.5, 0.6) is 0 Å².